The van der Waals surface area contributed by atoms with Gasteiger partial charge in [0.05, 0.1) is 6.10 Å². The average molecular weight is 213 g/mol. The minimum Gasteiger partial charge on any atom is -0.393 e. The Morgan fingerprint density at radius 2 is 2.07 bits per heavy atom. The Balaban J connectivity index is 2.27. The first-order valence-electron chi connectivity index (χ1n) is 6.61. The number of aliphatic hydroxyl groups is 1. The normalized spacial score (nSPS) is 28.6. The van der Waals surface area contributed by atoms with Crippen LogP contribution in [0.1, 0.15) is 52.9 Å². The first-order valence-corrected chi connectivity index (χ1v) is 6.61. The van der Waals surface area contributed by atoms with E-state index in [1.54, 1.807) is 0 Å². The van der Waals surface area contributed by atoms with E-state index in [1.807, 2.05) is 0 Å². The summed E-state index contributed by atoms with van der Waals surface area (Å²) in [5, 5.41) is 9.75. The van der Waals surface area contributed by atoms with Crippen molar-refractivity contribution < 1.29 is 5.11 Å². The van der Waals surface area contributed by atoms with Crippen LogP contribution < -0.4 is 0 Å². The maximum atomic E-state index is 9.75. The van der Waals surface area contributed by atoms with Gasteiger partial charge in [0.1, 0.15) is 0 Å². The second-order valence-corrected chi connectivity index (χ2v) is 4.93. The van der Waals surface area contributed by atoms with E-state index >= 15 is 0 Å². The van der Waals surface area contributed by atoms with E-state index in [-0.39, 0.29) is 6.10 Å². The molecule has 0 radical (unpaired) electrons. The first-order chi connectivity index (χ1) is 7.19. The molecule has 0 heterocycles. The first kappa shape index (κ1) is 13.0. The Bertz CT molecular complexity index is 172. The van der Waals surface area contributed by atoms with E-state index in [4.69, 9.17) is 0 Å². The summed E-state index contributed by atoms with van der Waals surface area (Å²) in [6, 6.07) is 0.688. The minimum absolute atomic E-state index is 0.0133. The highest BCUT2D eigenvalue weighted by Gasteiger charge is 2.25. The van der Waals surface area contributed by atoms with E-state index in [9.17, 15) is 5.11 Å². The van der Waals surface area contributed by atoms with Gasteiger partial charge in [-0.05, 0) is 51.6 Å². The van der Waals surface area contributed by atoms with Gasteiger partial charge in [-0.25, -0.2) is 0 Å². The van der Waals surface area contributed by atoms with E-state index in [2.05, 4.69) is 25.7 Å². The number of hydrogen-bond acceptors (Lipinski definition) is 2. The Labute approximate surface area is 94.7 Å². The van der Waals surface area contributed by atoms with E-state index in [0.717, 1.165) is 19.5 Å². The molecule has 1 saturated carbocycles. The molecule has 0 bridgehead atoms. The van der Waals surface area contributed by atoms with Crippen molar-refractivity contribution in [3.8, 4) is 0 Å². The number of nitrogens with zero attached hydrogens (tertiary/aromatic N) is 1. The fourth-order valence-electron chi connectivity index (χ4n) is 2.63. The van der Waals surface area contributed by atoms with Crippen molar-refractivity contribution in [3.63, 3.8) is 0 Å². The van der Waals surface area contributed by atoms with Crippen molar-refractivity contribution in [2.24, 2.45) is 5.92 Å². The molecule has 1 fully saturated rings. The van der Waals surface area contributed by atoms with Crippen LogP contribution in [-0.2, 0) is 0 Å². The molecule has 1 N–H and O–H groups in total. The van der Waals surface area contributed by atoms with Crippen molar-refractivity contribution in [3.05, 3.63) is 0 Å². The smallest absolute Gasteiger partial charge is 0.0568 e. The summed E-state index contributed by atoms with van der Waals surface area (Å²) in [6.45, 7) is 9.08. The molecule has 2 nitrogen and oxygen atoms in total. The fraction of sp³-hybridized carbons (Fsp3) is 1.00. The third-order valence-corrected chi connectivity index (χ3v) is 4.03. The van der Waals surface area contributed by atoms with Crippen LogP contribution in [0.15, 0.2) is 0 Å². The average Bonchev–Trinajstić information content (AvgIpc) is 2.65. The third kappa shape index (κ3) is 3.76. The minimum atomic E-state index is -0.0133. The Kier molecular flexibility index (Phi) is 5.62. The molecule has 0 aromatic rings. The molecule has 15 heavy (non-hydrogen) atoms. The van der Waals surface area contributed by atoms with Gasteiger partial charge in [-0.2, -0.15) is 0 Å². The van der Waals surface area contributed by atoms with Gasteiger partial charge in [0.2, 0.25) is 0 Å². The van der Waals surface area contributed by atoms with Crippen LogP contribution in [0.5, 0.6) is 0 Å². The van der Waals surface area contributed by atoms with Crippen LogP contribution in [0.25, 0.3) is 0 Å². The van der Waals surface area contributed by atoms with Gasteiger partial charge in [0.15, 0.2) is 0 Å². The topological polar surface area (TPSA) is 23.5 Å². The number of aliphatic hydroxyl groups excluding tert-OH is 1. The molecule has 3 unspecified atom stereocenters. The molecule has 0 amide bonds. The van der Waals surface area contributed by atoms with Gasteiger partial charge in [0, 0.05) is 6.04 Å². The molecule has 2 heteroatoms. The van der Waals surface area contributed by atoms with Gasteiger partial charge in [-0.1, -0.05) is 20.3 Å². The molecule has 0 aromatic heterocycles. The summed E-state index contributed by atoms with van der Waals surface area (Å²) in [4.78, 5) is 2.53. The Hall–Kier alpha value is -0.0800. The van der Waals surface area contributed by atoms with Crippen molar-refractivity contribution in [2.45, 2.75) is 65.0 Å². The zero-order valence-electron chi connectivity index (χ0n) is 10.6. The largest absolute Gasteiger partial charge is 0.393 e. The maximum Gasteiger partial charge on any atom is 0.0568 e. The monoisotopic (exact) mass is 213 g/mol. The van der Waals surface area contributed by atoms with Crippen LogP contribution in [0.4, 0.5) is 0 Å². The molecule has 1 aliphatic carbocycles. The predicted molar refractivity (Wildman–Crippen MR) is 65.0 cm³/mol. The van der Waals surface area contributed by atoms with Gasteiger partial charge >= 0.3 is 0 Å². The van der Waals surface area contributed by atoms with Crippen LogP contribution in [0, 0.1) is 5.92 Å². The standard InChI is InChI=1S/C13H27NO/c1-4-11(3)14(5-2)10-9-12-7-6-8-13(12)15/h11-13,15H,4-10H2,1-3H3. The fourth-order valence-corrected chi connectivity index (χ4v) is 2.63. The van der Waals surface area contributed by atoms with Crippen molar-refractivity contribution in [1.82, 2.24) is 4.90 Å². The molecule has 0 aromatic carbocycles. The lowest BCUT2D eigenvalue weighted by Crippen LogP contribution is -2.34. The van der Waals surface area contributed by atoms with Crippen molar-refractivity contribution >= 4 is 0 Å². The number of hydrogen-bond donors (Lipinski definition) is 1. The molecular weight excluding hydrogens is 186 g/mol. The molecule has 3 atom stereocenters. The van der Waals surface area contributed by atoms with E-state index in [1.165, 1.54) is 25.7 Å². The quantitative estimate of drug-likeness (QED) is 0.733. The lowest BCUT2D eigenvalue weighted by Gasteiger charge is -2.28. The molecular formula is C13H27NO. The molecule has 0 saturated heterocycles. The SMILES string of the molecule is CCC(C)N(CC)CCC1CCCC1O. The summed E-state index contributed by atoms with van der Waals surface area (Å²) in [5.74, 6) is 0.572. The summed E-state index contributed by atoms with van der Waals surface area (Å²) in [5.41, 5.74) is 0. The molecule has 1 aliphatic rings. The maximum absolute atomic E-state index is 9.75. The highest BCUT2D eigenvalue weighted by Crippen LogP contribution is 2.28. The van der Waals surface area contributed by atoms with E-state index < -0.39 is 0 Å². The zero-order valence-corrected chi connectivity index (χ0v) is 10.6. The molecule has 90 valence electrons. The van der Waals surface area contributed by atoms with Crippen molar-refractivity contribution in [2.75, 3.05) is 13.1 Å². The van der Waals surface area contributed by atoms with Crippen LogP contribution >= 0.6 is 0 Å². The second-order valence-electron chi connectivity index (χ2n) is 4.93. The van der Waals surface area contributed by atoms with Gasteiger partial charge < -0.3 is 10.0 Å². The summed E-state index contributed by atoms with van der Waals surface area (Å²) < 4.78 is 0. The Morgan fingerprint density at radius 1 is 1.33 bits per heavy atom. The second kappa shape index (κ2) is 6.49. The van der Waals surface area contributed by atoms with Gasteiger partial charge in [-0.15, -0.1) is 0 Å². The van der Waals surface area contributed by atoms with Gasteiger partial charge in [-0.3, -0.25) is 0 Å². The lowest BCUT2D eigenvalue weighted by atomic mass is 10.0. The zero-order chi connectivity index (χ0) is 11.3. The Morgan fingerprint density at radius 3 is 2.53 bits per heavy atom. The molecule has 0 spiro atoms. The molecule has 1 rings (SSSR count). The summed E-state index contributed by atoms with van der Waals surface area (Å²) in [6.07, 6.45) is 5.88. The lowest BCUT2D eigenvalue weighted by molar-refractivity contribution is 0.112. The van der Waals surface area contributed by atoms with Gasteiger partial charge in [0.25, 0.3) is 0 Å². The third-order valence-electron chi connectivity index (χ3n) is 4.03. The van der Waals surface area contributed by atoms with Crippen LogP contribution in [0.2, 0.25) is 0 Å². The van der Waals surface area contributed by atoms with Crippen LogP contribution in [-0.4, -0.2) is 35.2 Å². The summed E-state index contributed by atoms with van der Waals surface area (Å²) >= 11 is 0. The van der Waals surface area contributed by atoms with Crippen LogP contribution in [0.3, 0.4) is 0 Å². The van der Waals surface area contributed by atoms with E-state index in [0.29, 0.717) is 12.0 Å². The molecule has 0 aliphatic heterocycles. The highest BCUT2D eigenvalue weighted by molar-refractivity contribution is 4.78. The van der Waals surface area contributed by atoms with Crippen molar-refractivity contribution in [1.29, 1.82) is 0 Å². The summed E-state index contributed by atoms with van der Waals surface area (Å²) in [7, 11) is 0. The highest BCUT2D eigenvalue weighted by atomic mass is 16.3. The predicted octanol–water partition coefficient (Wildman–Crippen LogP) is 2.66. The number of rotatable bonds is 6.